The van der Waals surface area contributed by atoms with Gasteiger partial charge in [0.25, 0.3) is 0 Å². The minimum absolute atomic E-state index is 0.0356. The van der Waals surface area contributed by atoms with Gasteiger partial charge in [-0.2, -0.15) is 5.26 Å². The van der Waals surface area contributed by atoms with Crippen molar-refractivity contribution in [3.05, 3.63) is 0 Å². The number of hydrogen-bond donors (Lipinski definition) is 0. The highest BCUT2D eigenvalue weighted by atomic mass is 16.5. The molecule has 0 spiro atoms. The van der Waals surface area contributed by atoms with Crippen LogP contribution in [0.4, 0.5) is 0 Å². The average molecular weight is 285 g/mol. The Kier molecular flexibility index (Phi) is 7.97. The number of rotatable bonds is 8. The molecule has 0 aliphatic heterocycles. The molecular formula is C13H19NO6. The summed E-state index contributed by atoms with van der Waals surface area (Å²) >= 11 is 0. The molecule has 0 bridgehead atoms. The minimum atomic E-state index is -1.91. The Morgan fingerprint density at radius 3 is 1.60 bits per heavy atom. The molecule has 0 heterocycles. The molecule has 0 amide bonds. The molecule has 0 saturated heterocycles. The fourth-order valence-corrected chi connectivity index (χ4v) is 1.52. The van der Waals surface area contributed by atoms with E-state index in [1.165, 1.54) is 0 Å². The summed E-state index contributed by atoms with van der Waals surface area (Å²) in [5, 5.41) is 9.24. The van der Waals surface area contributed by atoms with Crippen molar-refractivity contribution in [1.82, 2.24) is 0 Å². The lowest BCUT2D eigenvalue weighted by molar-refractivity contribution is -0.163. The van der Waals surface area contributed by atoms with Crippen LogP contribution < -0.4 is 0 Å². The quantitative estimate of drug-likeness (QED) is 0.483. The Balaban J connectivity index is 5.17. The molecule has 0 unspecified atom stereocenters. The summed E-state index contributed by atoms with van der Waals surface area (Å²) in [4.78, 5) is 35.0. The maximum absolute atomic E-state index is 11.9. The molecule has 7 heteroatoms. The van der Waals surface area contributed by atoms with Crippen LogP contribution in [0.15, 0.2) is 0 Å². The highest BCUT2D eigenvalue weighted by Gasteiger charge is 2.45. The zero-order chi connectivity index (χ0) is 15.6. The summed E-state index contributed by atoms with van der Waals surface area (Å²) in [5.74, 6) is -2.42. The van der Waals surface area contributed by atoms with E-state index in [1.807, 2.05) is 0 Å². The number of esters is 3. The van der Waals surface area contributed by atoms with Gasteiger partial charge in [-0.05, 0) is 20.8 Å². The normalized spacial score (nSPS) is 10.3. The van der Waals surface area contributed by atoms with Crippen LogP contribution in [0.5, 0.6) is 0 Å². The number of hydrogen-bond acceptors (Lipinski definition) is 7. The van der Waals surface area contributed by atoms with E-state index in [0.29, 0.717) is 0 Å². The van der Waals surface area contributed by atoms with Gasteiger partial charge in [0.05, 0.1) is 38.7 Å². The summed E-state index contributed by atoms with van der Waals surface area (Å²) in [6.07, 6.45) is -1.09. The van der Waals surface area contributed by atoms with Gasteiger partial charge in [0.1, 0.15) is 0 Å². The zero-order valence-electron chi connectivity index (χ0n) is 11.9. The summed E-state index contributed by atoms with van der Waals surface area (Å²) in [5.41, 5.74) is -1.91. The molecule has 0 radical (unpaired) electrons. The van der Waals surface area contributed by atoms with Crippen LogP contribution in [0.3, 0.4) is 0 Å². The number of nitriles is 1. The Labute approximate surface area is 117 Å². The molecule has 112 valence electrons. The molecule has 7 nitrogen and oxygen atoms in total. The molecule has 0 aromatic carbocycles. The fraction of sp³-hybridized carbons (Fsp3) is 0.692. The summed E-state index contributed by atoms with van der Waals surface area (Å²) < 4.78 is 14.2. The molecule has 0 aliphatic rings. The Bertz CT molecular complexity index is 378. The van der Waals surface area contributed by atoms with Crippen molar-refractivity contribution in [1.29, 1.82) is 5.26 Å². The van der Waals surface area contributed by atoms with E-state index in [0.717, 1.165) is 0 Å². The molecule has 0 aromatic heterocycles. The van der Waals surface area contributed by atoms with E-state index in [4.69, 9.17) is 14.2 Å². The number of carbonyl (C=O) groups excluding carboxylic acids is 3. The van der Waals surface area contributed by atoms with Crippen molar-refractivity contribution in [3.8, 4) is 6.07 Å². The van der Waals surface area contributed by atoms with Crippen LogP contribution in [-0.2, 0) is 28.6 Å². The van der Waals surface area contributed by atoms with Gasteiger partial charge in [0.15, 0.2) is 5.41 Å². The van der Waals surface area contributed by atoms with Crippen LogP contribution >= 0.6 is 0 Å². The van der Waals surface area contributed by atoms with Gasteiger partial charge in [0, 0.05) is 0 Å². The molecule has 0 rings (SSSR count). The van der Waals surface area contributed by atoms with Crippen LogP contribution in [-0.4, -0.2) is 37.7 Å². The van der Waals surface area contributed by atoms with Crippen molar-refractivity contribution < 1.29 is 28.6 Å². The number of ether oxygens (including phenoxy) is 3. The molecule has 20 heavy (non-hydrogen) atoms. The summed E-state index contributed by atoms with van der Waals surface area (Å²) in [6.45, 7) is 5.02. The van der Waals surface area contributed by atoms with E-state index in [-0.39, 0.29) is 19.8 Å². The van der Waals surface area contributed by atoms with E-state index in [9.17, 15) is 19.6 Å². The topological polar surface area (TPSA) is 103 Å². The first-order chi connectivity index (χ1) is 9.45. The first kappa shape index (κ1) is 17.9. The van der Waals surface area contributed by atoms with Gasteiger partial charge in [0.2, 0.25) is 0 Å². The number of carbonyl (C=O) groups is 3. The largest absolute Gasteiger partial charge is 0.466 e. The van der Waals surface area contributed by atoms with Gasteiger partial charge in [-0.15, -0.1) is 0 Å². The zero-order valence-corrected chi connectivity index (χ0v) is 11.9. The third-order valence-electron chi connectivity index (χ3n) is 2.38. The second-order valence-electron chi connectivity index (χ2n) is 3.88. The third-order valence-corrected chi connectivity index (χ3v) is 2.38. The van der Waals surface area contributed by atoms with Crippen molar-refractivity contribution in [3.63, 3.8) is 0 Å². The summed E-state index contributed by atoms with van der Waals surface area (Å²) in [7, 11) is 0. The van der Waals surface area contributed by atoms with E-state index in [2.05, 4.69) is 0 Å². The predicted octanol–water partition coefficient (Wildman–Crippen LogP) is 0.966. The molecule has 0 aromatic rings. The van der Waals surface area contributed by atoms with Crippen LogP contribution in [0, 0.1) is 16.7 Å². The monoisotopic (exact) mass is 285 g/mol. The van der Waals surface area contributed by atoms with Gasteiger partial charge >= 0.3 is 17.9 Å². The summed E-state index contributed by atoms with van der Waals surface area (Å²) in [6, 6.07) is 1.70. The Morgan fingerprint density at radius 2 is 1.30 bits per heavy atom. The highest BCUT2D eigenvalue weighted by molar-refractivity contribution is 5.90. The molecule has 0 saturated carbocycles. The fourth-order valence-electron chi connectivity index (χ4n) is 1.52. The van der Waals surface area contributed by atoms with E-state index in [1.54, 1.807) is 26.8 Å². The maximum Gasteiger partial charge on any atom is 0.327 e. The first-order valence-electron chi connectivity index (χ1n) is 6.35. The van der Waals surface area contributed by atoms with Crippen LogP contribution in [0.25, 0.3) is 0 Å². The lowest BCUT2D eigenvalue weighted by Gasteiger charge is -2.22. The Morgan fingerprint density at radius 1 is 0.900 bits per heavy atom. The standard InChI is InChI=1S/C13H19NO6/c1-4-18-10(15)7-13(9-14,12(17)20-6-3)8-11(16)19-5-2/h4-8H2,1-3H3. The van der Waals surface area contributed by atoms with Gasteiger partial charge in [-0.3, -0.25) is 14.4 Å². The second-order valence-corrected chi connectivity index (χ2v) is 3.88. The highest BCUT2D eigenvalue weighted by Crippen LogP contribution is 2.29. The SMILES string of the molecule is CCOC(=O)CC(C#N)(CC(=O)OCC)C(=O)OCC. The van der Waals surface area contributed by atoms with Crippen LogP contribution in [0.2, 0.25) is 0 Å². The Hall–Kier alpha value is -2.10. The van der Waals surface area contributed by atoms with Crippen molar-refractivity contribution >= 4 is 17.9 Å². The minimum Gasteiger partial charge on any atom is -0.466 e. The molecule has 0 aliphatic carbocycles. The molecular weight excluding hydrogens is 266 g/mol. The van der Waals surface area contributed by atoms with Crippen molar-refractivity contribution in [2.45, 2.75) is 33.6 Å². The van der Waals surface area contributed by atoms with Gasteiger partial charge < -0.3 is 14.2 Å². The average Bonchev–Trinajstić information content (AvgIpc) is 2.38. The second kappa shape index (κ2) is 8.91. The van der Waals surface area contributed by atoms with Crippen molar-refractivity contribution in [2.75, 3.05) is 19.8 Å². The maximum atomic E-state index is 11.9. The van der Waals surface area contributed by atoms with E-state index < -0.39 is 36.2 Å². The molecule has 0 N–H and O–H groups in total. The molecule has 0 fully saturated rings. The van der Waals surface area contributed by atoms with E-state index >= 15 is 0 Å². The lowest BCUT2D eigenvalue weighted by atomic mass is 9.82. The predicted molar refractivity (Wildman–Crippen MR) is 67.2 cm³/mol. The van der Waals surface area contributed by atoms with Gasteiger partial charge in [-0.25, -0.2) is 0 Å². The molecule has 0 atom stereocenters. The lowest BCUT2D eigenvalue weighted by Crippen LogP contribution is -2.37. The number of nitrogens with zero attached hydrogens (tertiary/aromatic N) is 1. The smallest absolute Gasteiger partial charge is 0.327 e. The van der Waals surface area contributed by atoms with Crippen LogP contribution in [0.1, 0.15) is 33.6 Å². The first-order valence-corrected chi connectivity index (χ1v) is 6.35. The van der Waals surface area contributed by atoms with Crippen molar-refractivity contribution in [2.24, 2.45) is 5.41 Å². The third kappa shape index (κ3) is 5.26. The van der Waals surface area contributed by atoms with Gasteiger partial charge in [-0.1, -0.05) is 0 Å².